The van der Waals surface area contributed by atoms with E-state index in [9.17, 15) is 0 Å². The number of hydrogen-bond acceptors (Lipinski definition) is 2. The van der Waals surface area contributed by atoms with Crippen molar-refractivity contribution in [1.29, 1.82) is 0 Å². The highest BCUT2D eigenvalue weighted by Crippen LogP contribution is 2.17. The van der Waals surface area contributed by atoms with Crippen LogP contribution in [-0.2, 0) is 7.05 Å². The van der Waals surface area contributed by atoms with Gasteiger partial charge in [-0.3, -0.25) is 4.68 Å². The Kier molecular flexibility index (Phi) is 4.08. The maximum Gasteiger partial charge on any atom is 0.170 e. The zero-order chi connectivity index (χ0) is 11.4. The lowest BCUT2D eigenvalue weighted by Crippen LogP contribution is -2.29. The van der Waals surface area contributed by atoms with Gasteiger partial charge < -0.3 is 10.6 Å². The Bertz CT molecular complexity index is 357. The number of aromatic nitrogens is 2. The lowest BCUT2D eigenvalue weighted by Gasteiger charge is -2.09. The van der Waals surface area contributed by atoms with Crippen molar-refractivity contribution in [2.45, 2.75) is 27.2 Å². The third-order valence-electron chi connectivity index (χ3n) is 2.28. The molecule has 84 valence electrons. The van der Waals surface area contributed by atoms with Crippen LogP contribution >= 0.6 is 12.2 Å². The van der Waals surface area contributed by atoms with Gasteiger partial charge in [0.1, 0.15) is 0 Å². The van der Waals surface area contributed by atoms with Gasteiger partial charge in [0.15, 0.2) is 5.11 Å². The van der Waals surface area contributed by atoms with Crippen molar-refractivity contribution in [1.82, 2.24) is 15.1 Å². The van der Waals surface area contributed by atoms with Crippen LogP contribution in [-0.4, -0.2) is 21.4 Å². The molecule has 0 bridgehead atoms. The fourth-order valence-electron chi connectivity index (χ4n) is 1.35. The summed E-state index contributed by atoms with van der Waals surface area (Å²) in [6.07, 6.45) is 1.06. The minimum Gasteiger partial charge on any atom is -0.362 e. The van der Waals surface area contributed by atoms with Gasteiger partial charge in [-0.05, 0) is 32.5 Å². The molecule has 0 saturated carbocycles. The van der Waals surface area contributed by atoms with Crippen molar-refractivity contribution in [2.75, 3.05) is 11.9 Å². The van der Waals surface area contributed by atoms with Crippen molar-refractivity contribution >= 4 is 23.0 Å². The Labute approximate surface area is 96.1 Å². The molecule has 0 fully saturated rings. The molecule has 0 aliphatic heterocycles. The predicted molar refractivity (Wildman–Crippen MR) is 67.2 cm³/mol. The van der Waals surface area contributed by atoms with Crippen LogP contribution in [0.4, 0.5) is 5.69 Å². The van der Waals surface area contributed by atoms with Crippen LogP contribution in [0, 0.1) is 13.8 Å². The number of nitrogens with zero attached hydrogens (tertiary/aromatic N) is 2. The van der Waals surface area contributed by atoms with Gasteiger partial charge in [0.2, 0.25) is 0 Å². The highest BCUT2D eigenvalue weighted by molar-refractivity contribution is 7.80. The summed E-state index contributed by atoms with van der Waals surface area (Å²) in [5, 5.41) is 11.3. The summed E-state index contributed by atoms with van der Waals surface area (Å²) in [6, 6.07) is 0. The van der Waals surface area contributed by atoms with E-state index in [0.717, 1.165) is 30.0 Å². The van der Waals surface area contributed by atoms with Gasteiger partial charge in [-0.25, -0.2) is 0 Å². The van der Waals surface area contributed by atoms with Crippen LogP contribution in [0.3, 0.4) is 0 Å². The third-order valence-corrected chi connectivity index (χ3v) is 2.53. The summed E-state index contributed by atoms with van der Waals surface area (Å²) in [4.78, 5) is 0. The summed E-state index contributed by atoms with van der Waals surface area (Å²) >= 11 is 5.17. The average Bonchev–Trinajstić information content (AvgIpc) is 2.42. The van der Waals surface area contributed by atoms with Crippen molar-refractivity contribution < 1.29 is 0 Å². The SMILES string of the molecule is CCCNC(=S)Nc1c(C)nn(C)c1C. The van der Waals surface area contributed by atoms with E-state index in [-0.39, 0.29) is 0 Å². The Morgan fingerprint density at radius 1 is 1.47 bits per heavy atom. The maximum atomic E-state index is 5.17. The van der Waals surface area contributed by atoms with Crippen molar-refractivity contribution in [3.63, 3.8) is 0 Å². The molecular weight excluding hydrogens is 208 g/mol. The van der Waals surface area contributed by atoms with Crippen LogP contribution in [0.15, 0.2) is 0 Å². The van der Waals surface area contributed by atoms with Crippen molar-refractivity contribution in [3.05, 3.63) is 11.4 Å². The second kappa shape index (κ2) is 5.11. The minimum absolute atomic E-state index is 0.663. The number of hydrogen-bond donors (Lipinski definition) is 2. The molecule has 15 heavy (non-hydrogen) atoms. The number of nitrogens with one attached hydrogen (secondary N) is 2. The first-order valence-electron chi connectivity index (χ1n) is 5.11. The van der Waals surface area contributed by atoms with Gasteiger partial charge in [-0.2, -0.15) is 5.10 Å². The Hall–Kier alpha value is -1.10. The van der Waals surface area contributed by atoms with Crippen molar-refractivity contribution in [2.24, 2.45) is 7.05 Å². The molecule has 0 spiro atoms. The Morgan fingerprint density at radius 2 is 2.13 bits per heavy atom. The molecule has 2 N–H and O–H groups in total. The van der Waals surface area contributed by atoms with E-state index in [2.05, 4.69) is 22.7 Å². The van der Waals surface area contributed by atoms with E-state index < -0.39 is 0 Å². The molecule has 1 rings (SSSR count). The second-order valence-corrected chi connectivity index (χ2v) is 3.96. The number of thiocarbonyl (C=S) groups is 1. The molecule has 0 radical (unpaired) electrons. The fourth-order valence-corrected chi connectivity index (χ4v) is 1.55. The van der Waals surface area contributed by atoms with Gasteiger partial charge in [0.25, 0.3) is 0 Å². The zero-order valence-corrected chi connectivity index (χ0v) is 10.5. The summed E-state index contributed by atoms with van der Waals surface area (Å²) in [7, 11) is 1.93. The first kappa shape index (κ1) is 12.0. The third kappa shape index (κ3) is 2.92. The number of anilines is 1. The molecule has 0 amide bonds. The van der Waals surface area contributed by atoms with Crippen LogP contribution in [0.2, 0.25) is 0 Å². The monoisotopic (exact) mass is 226 g/mol. The standard InChI is InChI=1S/C10H18N4S/c1-5-6-11-10(15)12-9-7(2)13-14(4)8(9)3/h5-6H2,1-4H3,(H2,11,12,15). The first-order chi connectivity index (χ1) is 7.06. The summed E-state index contributed by atoms with van der Waals surface area (Å²) in [5.74, 6) is 0. The molecule has 1 heterocycles. The van der Waals surface area contributed by atoms with Gasteiger partial charge in [-0.15, -0.1) is 0 Å². The van der Waals surface area contributed by atoms with E-state index in [4.69, 9.17) is 12.2 Å². The largest absolute Gasteiger partial charge is 0.362 e. The summed E-state index contributed by atoms with van der Waals surface area (Å²) in [6.45, 7) is 6.99. The normalized spacial score (nSPS) is 10.1. The highest BCUT2D eigenvalue weighted by Gasteiger charge is 2.09. The summed E-state index contributed by atoms with van der Waals surface area (Å²) < 4.78 is 1.85. The molecule has 0 unspecified atom stereocenters. The molecular formula is C10H18N4S. The van der Waals surface area contributed by atoms with Crippen LogP contribution in [0.1, 0.15) is 24.7 Å². The summed E-state index contributed by atoms with van der Waals surface area (Å²) in [5.41, 5.74) is 3.06. The van der Waals surface area contributed by atoms with Gasteiger partial charge in [-0.1, -0.05) is 6.92 Å². The smallest absolute Gasteiger partial charge is 0.170 e. The lowest BCUT2D eigenvalue weighted by atomic mass is 10.3. The zero-order valence-electron chi connectivity index (χ0n) is 9.72. The number of rotatable bonds is 3. The molecule has 0 aromatic carbocycles. The van der Waals surface area contributed by atoms with E-state index in [1.807, 2.05) is 25.6 Å². The maximum absolute atomic E-state index is 5.17. The molecule has 0 saturated heterocycles. The average molecular weight is 226 g/mol. The quantitative estimate of drug-likeness (QED) is 0.770. The van der Waals surface area contributed by atoms with Gasteiger partial charge in [0, 0.05) is 13.6 Å². The topological polar surface area (TPSA) is 41.9 Å². The lowest BCUT2D eigenvalue weighted by molar-refractivity contribution is 0.731. The van der Waals surface area contributed by atoms with Crippen LogP contribution < -0.4 is 10.6 Å². The second-order valence-electron chi connectivity index (χ2n) is 3.55. The molecule has 5 heteroatoms. The molecule has 4 nitrogen and oxygen atoms in total. The Balaban J connectivity index is 2.68. The number of aryl methyl sites for hydroxylation is 2. The molecule has 0 atom stereocenters. The van der Waals surface area contributed by atoms with Gasteiger partial charge in [0.05, 0.1) is 17.1 Å². The molecule has 0 aliphatic carbocycles. The molecule has 0 aliphatic rings. The predicted octanol–water partition coefficient (Wildman–Crippen LogP) is 1.73. The molecule has 1 aromatic rings. The van der Waals surface area contributed by atoms with Crippen molar-refractivity contribution in [3.8, 4) is 0 Å². The first-order valence-corrected chi connectivity index (χ1v) is 5.52. The van der Waals surface area contributed by atoms with Gasteiger partial charge >= 0.3 is 0 Å². The fraction of sp³-hybridized carbons (Fsp3) is 0.600. The van der Waals surface area contributed by atoms with E-state index >= 15 is 0 Å². The molecule has 1 aromatic heterocycles. The van der Waals surface area contributed by atoms with E-state index in [1.165, 1.54) is 0 Å². The highest BCUT2D eigenvalue weighted by atomic mass is 32.1. The minimum atomic E-state index is 0.663. The van der Waals surface area contributed by atoms with E-state index in [1.54, 1.807) is 0 Å². The van der Waals surface area contributed by atoms with Crippen LogP contribution in [0.25, 0.3) is 0 Å². The Morgan fingerprint density at radius 3 is 2.60 bits per heavy atom. The van der Waals surface area contributed by atoms with Crippen LogP contribution in [0.5, 0.6) is 0 Å². The van der Waals surface area contributed by atoms with E-state index in [0.29, 0.717) is 5.11 Å².